The predicted molar refractivity (Wildman–Crippen MR) is 54.0 cm³/mol. The smallest absolute Gasteiger partial charge is 0.161 e. The Hall–Kier alpha value is -1.15. The molecular weight excluding hydrogens is 176 g/mol. The first kappa shape index (κ1) is 9.41. The number of carbonyl (C=O) groups excluding carboxylic acids is 1. The van der Waals surface area contributed by atoms with Gasteiger partial charge >= 0.3 is 0 Å². The Bertz CT molecular complexity index is 318. The molecule has 2 atom stereocenters. The lowest BCUT2D eigenvalue weighted by molar-refractivity contribution is -0.129. The maximum atomic E-state index is 11.1. The highest BCUT2D eigenvalue weighted by atomic mass is 16.3. The standard InChI is InChI=1S/C12H14O2/c13-11-7-6-10(8-12(11)14)9-4-2-1-3-5-9/h1-5,10,12,14H,6-8H2. The summed E-state index contributed by atoms with van der Waals surface area (Å²) in [5, 5.41) is 9.46. The number of hydrogen-bond acceptors (Lipinski definition) is 2. The maximum absolute atomic E-state index is 11.1. The van der Waals surface area contributed by atoms with E-state index in [2.05, 4.69) is 12.1 Å². The average Bonchev–Trinajstić information content (AvgIpc) is 2.23. The van der Waals surface area contributed by atoms with Crippen molar-refractivity contribution in [2.24, 2.45) is 0 Å². The topological polar surface area (TPSA) is 37.3 Å². The molecule has 2 rings (SSSR count). The van der Waals surface area contributed by atoms with E-state index >= 15 is 0 Å². The zero-order chi connectivity index (χ0) is 9.97. The third kappa shape index (κ3) is 1.85. The van der Waals surface area contributed by atoms with Crippen LogP contribution in [0.5, 0.6) is 0 Å². The first-order valence-electron chi connectivity index (χ1n) is 5.03. The minimum atomic E-state index is -0.742. The fourth-order valence-corrected chi connectivity index (χ4v) is 2.03. The van der Waals surface area contributed by atoms with Crippen LogP contribution in [0.4, 0.5) is 0 Å². The first-order chi connectivity index (χ1) is 6.77. The summed E-state index contributed by atoms with van der Waals surface area (Å²) < 4.78 is 0. The van der Waals surface area contributed by atoms with Crippen LogP contribution in [0.1, 0.15) is 30.7 Å². The number of aliphatic hydroxyl groups is 1. The molecule has 0 saturated heterocycles. The molecule has 14 heavy (non-hydrogen) atoms. The molecule has 2 nitrogen and oxygen atoms in total. The molecule has 0 spiro atoms. The van der Waals surface area contributed by atoms with Crippen molar-refractivity contribution in [1.29, 1.82) is 0 Å². The van der Waals surface area contributed by atoms with Crippen LogP contribution in [0.3, 0.4) is 0 Å². The van der Waals surface area contributed by atoms with E-state index in [0.29, 0.717) is 18.8 Å². The molecule has 1 aliphatic carbocycles. The largest absolute Gasteiger partial charge is 0.385 e. The summed E-state index contributed by atoms with van der Waals surface area (Å²) in [5.74, 6) is 0.348. The van der Waals surface area contributed by atoms with Crippen LogP contribution in [-0.4, -0.2) is 17.0 Å². The van der Waals surface area contributed by atoms with Crippen LogP contribution in [-0.2, 0) is 4.79 Å². The van der Waals surface area contributed by atoms with Crippen molar-refractivity contribution in [1.82, 2.24) is 0 Å². The molecule has 1 fully saturated rings. The van der Waals surface area contributed by atoms with Gasteiger partial charge in [-0.3, -0.25) is 4.79 Å². The Kier molecular flexibility index (Phi) is 2.64. The second kappa shape index (κ2) is 3.93. The van der Waals surface area contributed by atoms with Crippen molar-refractivity contribution in [2.45, 2.75) is 31.3 Å². The van der Waals surface area contributed by atoms with E-state index in [1.165, 1.54) is 5.56 Å². The van der Waals surface area contributed by atoms with E-state index in [0.717, 1.165) is 6.42 Å². The summed E-state index contributed by atoms with van der Waals surface area (Å²) in [6.07, 6.45) is 1.23. The van der Waals surface area contributed by atoms with Crippen LogP contribution in [0.2, 0.25) is 0 Å². The molecule has 0 bridgehead atoms. The first-order valence-corrected chi connectivity index (χ1v) is 5.03. The Labute approximate surface area is 83.6 Å². The summed E-state index contributed by atoms with van der Waals surface area (Å²) in [6, 6.07) is 10.1. The molecule has 0 amide bonds. The van der Waals surface area contributed by atoms with Gasteiger partial charge < -0.3 is 5.11 Å². The molecule has 74 valence electrons. The molecule has 0 heterocycles. The number of hydrogen-bond donors (Lipinski definition) is 1. The third-order valence-electron chi connectivity index (χ3n) is 2.89. The van der Waals surface area contributed by atoms with Gasteiger partial charge in [0.25, 0.3) is 0 Å². The van der Waals surface area contributed by atoms with Gasteiger partial charge in [-0.25, -0.2) is 0 Å². The number of benzene rings is 1. The molecule has 2 heteroatoms. The fraction of sp³-hybridized carbons (Fsp3) is 0.417. The van der Waals surface area contributed by atoms with E-state index in [9.17, 15) is 9.90 Å². The van der Waals surface area contributed by atoms with Gasteiger partial charge in [-0.1, -0.05) is 30.3 Å². The third-order valence-corrected chi connectivity index (χ3v) is 2.89. The van der Waals surface area contributed by atoms with Crippen molar-refractivity contribution in [3.8, 4) is 0 Å². The fourth-order valence-electron chi connectivity index (χ4n) is 2.03. The summed E-state index contributed by atoms with van der Waals surface area (Å²) >= 11 is 0. The van der Waals surface area contributed by atoms with Crippen LogP contribution in [0, 0.1) is 0 Å². The number of rotatable bonds is 1. The Morgan fingerprint density at radius 1 is 1.21 bits per heavy atom. The van der Waals surface area contributed by atoms with Crippen LogP contribution in [0.25, 0.3) is 0 Å². The van der Waals surface area contributed by atoms with Crippen molar-refractivity contribution >= 4 is 5.78 Å². The highest BCUT2D eigenvalue weighted by Gasteiger charge is 2.27. The van der Waals surface area contributed by atoms with E-state index in [-0.39, 0.29) is 5.78 Å². The molecule has 2 unspecified atom stereocenters. The Morgan fingerprint density at radius 3 is 2.57 bits per heavy atom. The van der Waals surface area contributed by atoms with E-state index in [1.54, 1.807) is 0 Å². The summed E-state index contributed by atoms with van der Waals surface area (Å²) in [5.41, 5.74) is 1.24. The van der Waals surface area contributed by atoms with Crippen molar-refractivity contribution in [3.63, 3.8) is 0 Å². The predicted octanol–water partition coefficient (Wildman–Crippen LogP) is 1.88. The lowest BCUT2D eigenvalue weighted by atomic mass is 9.82. The second-order valence-corrected chi connectivity index (χ2v) is 3.86. The quantitative estimate of drug-likeness (QED) is 0.734. The van der Waals surface area contributed by atoms with Crippen LogP contribution < -0.4 is 0 Å². The van der Waals surface area contributed by atoms with Gasteiger partial charge in [-0.2, -0.15) is 0 Å². The highest BCUT2D eigenvalue weighted by Crippen LogP contribution is 2.30. The van der Waals surface area contributed by atoms with E-state index in [4.69, 9.17) is 0 Å². The minimum Gasteiger partial charge on any atom is -0.385 e. The van der Waals surface area contributed by atoms with Gasteiger partial charge in [0, 0.05) is 6.42 Å². The second-order valence-electron chi connectivity index (χ2n) is 3.86. The Morgan fingerprint density at radius 2 is 1.93 bits per heavy atom. The normalized spacial score (nSPS) is 27.6. The number of Topliss-reactive ketones (excluding diaryl/α,β-unsaturated/α-hetero) is 1. The molecule has 0 aliphatic heterocycles. The lowest BCUT2D eigenvalue weighted by Crippen LogP contribution is -2.28. The summed E-state index contributed by atoms with van der Waals surface area (Å²) in [6.45, 7) is 0. The van der Waals surface area contributed by atoms with Gasteiger partial charge in [0.15, 0.2) is 5.78 Å². The van der Waals surface area contributed by atoms with Crippen LogP contribution in [0.15, 0.2) is 30.3 Å². The molecule has 1 aliphatic rings. The van der Waals surface area contributed by atoms with Crippen LogP contribution >= 0.6 is 0 Å². The van der Waals surface area contributed by atoms with Crippen molar-refractivity contribution in [3.05, 3.63) is 35.9 Å². The van der Waals surface area contributed by atoms with Gasteiger partial charge in [0.1, 0.15) is 6.10 Å². The summed E-state index contributed by atoms with van der Waals surface area (Å²) in [4.78, 5) is 11.1. The monoisotopic (exact) mass is 190 g/mol. The zero-order valence-electron chi connectivity index (χ0n) is 8.02. The van der Waals surface area contributed by atoms with Crippen molar-refractivity contribution < 1.29 is 9.90 Å². The van der Waals surface area contributed by atoms with Crippen molar-refractivity contribution in [2.75, 3.05) is 0 Å². The minimum absolute atomic E-state index is 0.00261. The molecule has 1 aromatic carbocycles. The van der Waals surface area contributed by atoms with E-state index < -0.39 is 6.10 Å². The maximum Gasteiger partial charge on any atom is 0.161 e. The van der Waals surface area contributed by atoms with Gasteiger partial charge in [0.05, 0.1) is 0 Å². The number of ketones is 1. The molecular formula is C12H14O2. The van der Waals surface area contributed by atoms with Gasteiger partial charge in [-0.05, 0) is 24.3 Å². The molecule has 1 saturated carbocycles. The molecule has 1 aromatic rings. The molecule has 0 aromatic heterocycles. The summed E-state index contributed by atoms with van der Waals surface area (Å²) in [7, 11) is 0. The lowest BCUT2D eigenvalue weighted by Gasteiger charge is -2.25. The SMILES string of the molecule is O=C1CCC(c2ccccc2)CC1O. The molecule has 0 radical (unpaired) electrons. The Balaban J connectivity index is 2.11. The van der Waals surface area contributed by atoms with Gasteiger partial charge in [0.2, 0.25) is 0 Å². The number of aliphatic hydroxyl groups excluding tert-OH is 1. The molecule has 1 N–H and O–H groups in total. The zero-order valence-corrected chi connectivity index (χ0v) is 8.02. The van der Waals surface area contributed by atoms with E-state index in [1.807, 2.05) is 18.2 Å². The highest BCUT2D eigenvalue weighted by molar-refractivity contribution is 5.83. The number of carbonyl (C=O) groups is 1. The average molecular weight is 190 g/mol. The van der Waals surface area contributed by atoms with Gasteiger partial charge in [-0.15, -0.1) is 0 Å².